The van der Waals surface area contributed by atoms with Crippen molar-refractivity contribution < 1.29 is 18.4 Å². The summed E-state index contributed by atoms with van der Waals surface area (Å²) in [5.41, 5.74) is 0.832. The van der Waals surface area contributed by atoms with Crippen LogP contribution < -0.4 is 10.6 Å². The molecule has 0 aliphatic heterocycles. The molecular formula is C21H16F2N4O2. The molecule has 4 rings (SSSR count). The van der Waals surface area contributed by atoms with Crippen LogP contribution in [0.4, 0.5) is 14.5 Å². The van der Waals surface area contributed by atoms with Crippen molar-refractivity contribution in [3.8, 4) is 11.1 Å². The predicted molar refractivity (Wildman–Crippen MR) is 102 cm³/mol. The molecule has 0 bridgehead atoms. The maximum absolute atomic E-state index is 14.2. The molecule has 1 fully saturated rings. The highest BCUT2D eigenvalue weighted by Gasteiger charge is 2.24. The number of aromatic nitrogens is 2. The topological polar surface area (TPSA) is 84.0 Å². The van der Waals surface area contributed by atoms with Gasteiger partial charge in [0.15, 0.2) is 11.6 Å². The van der Waals surface area contributed by atoms with E-state index in [1.807, 2.05) is 0 Å². The van der Waals surface area contributed by atoms with Gasteiger partial charge in [-0.1, -0.05) is 12.1 Å². The van der Waals surface area contributed by atoms with E-state index in [-0.39, 0.29) is 40.0 Å². The Balaban J connectivity index is 1.59. The highest BCUT2D eigenvalue weighted by atomic mass is 19.2. The Kier molecular flexibility index (Phi) is 4.99. The highest BCUT2D eigenvalue weighted by Crippen LogP contribution is 2.30. The number of pyridine rings is 2. The lowest BCUT2D eigenvalue weighted by Gasteiger charge is -2.12. The molecule has 2 heterocycles. The third kappa shape index (κ3) is 4.11. The van der Waals surface area contributed by atoms with E-state index in [9.17, 15) is 18.4 Å². The Labute approximate surface area is 165 Å². The number of anilines is 1. The Morgan fingerprint density at radius 2 is 1.83 bits per heavy atom. The van der Waals surface area contributed by atoms with Gasteiger partial charge in [-0.25, -0.2) is 8.78 Å². The molecule has 0 spiro atoms. The van der Waals surface area contributed by atoms with E-state index < -0.39 is 17.5 Å². The van der Waals surface area contributed by atoms with Gasteiger partial charge in [0, 0.05) is 35.1 Å². The third-order valence-electron chi connectivity index (χ3n) is 4.48. The molecule has 0 atom stereocenters. The summed E-state index contributed by atoms with van der Waals surface area (Å²) in [6, 6.07) is 8.30. The molecule has 8 heteroatoms. The first-order chi connectivity index (χ1) is 14.0. The third-order valence-corrected chi connectivity index (χ3v) is 4.48. The molecule has 6 nitrogen and oxygen atoms in total. The number of rotatable bonds is 5. The predicted octanol–water partition coefficient (Wildman–Crippen LogP) is 3.57. The summed E-state index contributed by atoms with van der Waals surface area (Å²) >= 11 is 0. The average molecular weight is 394 g/mol. The van der Waals surface area contributed by atoms with Crippen LogP contribution in [0.2, 0.25) is 0 Å². The van der Waals surface area contributed by atoms with Crippen molar-refractivity contribution in [1.29, 1.82) is 0 Å². The minimum Gasteiger partial charge on any atom is -0.348 e. The van der Waals surface area contributed by atoms with Gasteiger partial charge in [-0.3, -0.25) is 19.6 Å². The molecule has 0 radical (unpaired) electrons. The number of nitrogens with one attached hydrogen (secondary N) is 2. The lowest BCUT2D eigenvalue weighted by Crippen LogP contribution is -2.26. The van der Waals surface area contributed by atoms with E-state index in [1.165, 1.54) is 48.9 Å². The molecule has 146 valence electrons. The lowest BCUT2D eigenvalue weighted by atomic mass is 10.0. The Morgan fingerprint density at radius 1 is 1.00 bits per heavy atom. The van der Waals surface area contributed by atoms with Crippen molar-refractivity contribution in [3.05, 3.63) is 77.9 Å². The number of hydrogen-bond donors (Lipinski definition) is 2. The summed E-state index contributed by atoms with van der Waals surface area (Å²) < 4.78 is 27.8. The number of benzene rings is 1. The highest BCUT2D eigenvalue weighted by molar-refractivity contribution is 6.07. The van der Waals surface area contributed by atoms with Gasteiger partial charge in [0.2, 0.25) is 0 Å². The van der Waals surface area contributed by atoms with E-state index in [4.69, 9.17) is 0 Å². The molecule has 0 saturated heterocycles. The minimum atomic E-state index is -1.02. The lowest BCUT2D eigenvalue weighted by molar-refractivity contribution is 0.0946. The first kappa shape index (κ1) is 18.7. The molecule has 2 N–H and O–H groups in total. The molecule has 1 aromatic carbocycles. The van der Waals surface area contributed by atoms with Gasteiger partial charge in [0.1, 0.15) is 5.69 Å². The normalized spacial score (nSPS) is 13.0. The smallest absolute Gasteiger partial charge is 0.270 e. The van der Waals surface area contributed by atoms with E-state index in [2.05, 4.69) is 20.6 Å². The van der Waals surface area contributed by atoms with E-state index in [0.29, 0.717) is 0 Å². The van der Waals surface area contributed by atoms with Crippen LogP contribution in [-0.4, -0.2) is 27.8 Å². The SMILES string of the molecule is O=C(Nc1cnccc1-c1cccc(F)c1F)c1ccnc(C(=O)NC2CC2)c1. The molecule has 0 unspecified atom stereocenters. The van der Waals surface area contributed by atoms with Crippen molar-refractivity contribution in [2.75, 3.05) is 5.32 Å². The first-order valence-electron chi connectivity index (χ1n) is 8.99. The summed E-state index contributed by atoms with van der Waals surface area (Å²) in [6.07, 6.45) is 6.01. The van der Waals surface area contributed by atoms with E-state index in [1.54, 1.807) is 0 Å². The average Bonchev–Trinajstić information content (AvgIpc) is 3.55. The van der Waals surface area contributed by atoms with Gasteiger partial charge in [0.25, 0.3) is 11.8 Å². The maximum atomic E-state index is 14.2. The number of hydrogen-bond acceptors (Lipinski definition) is 4. The van der Waals surface area contributed by atoms with Crippen LogP contribution in [0.3, 0.4) is 0 Å². The zero-order valence-corrected chi connectivity index (χ0v) is 15.2. The Bertz CT molecular complexity index is 1100. The van der Waals surface area contributed by atoms with Crippen LogP contribution in [0.5, 0.6) is 0 Å². The largest absolute Gasteiger partial charge is 0.348 e. The van der Waals surface area contributed by atoms with Crippen LogP contribution in [-0.2, 0) is 0 Å². The number of amides is 2. The molecule has 2 aromatic heterocycles. The zero-order chi connectivity index (χ0) is 20.4. The van der Waals surface area contributed by atoms with Gasteiger partial charge in [-0.2, -0.15) is 0 Å². The molecule has 1 aliphatic rings. The summed E-state index contributed by atoms with van der Waals surface area (Å²) in [7, 11) is 0. The van der Waals surface area contributed by atoms with Crippen molar-refractivity contribution in [2.24, 2.45) is 0 Å². The first-order valence-corrected chi connectivity index (χ1v) is 8.99. The molecule has 29 heavy (non-hydrogen) atoms. The summed E-state index contributed by atoms with van der Waals surface area (Å²) in [5.74, 6) is -2.88. The number of halogens is 2. The number of carbonyl (C=O) groups excluding carboxylic acids is 2. The summed E-state index contributed by atoms with van der Waals surface area (Å²) in [6.45, 7) is 0. The van der Waals surface area contributed by atoms with Crippen LogP contribution in [0.1, 0.15) is 33.7 Å². The summed E-state index contributed by atoms with van der Waals surface area (Å²) in [4.78, 5) is 32.8. The van der Waals surface area contributed by atoms with Gasteiger partial charge < -0.3 is 10.6 Å². The minimum absolute atomic E-state index is 0.00179. The van der Waals surface area contributed by atoms with Crippen LogP contribution in [0.25, 0.3) is 11.1 Å². The standard InChI is InChI=1S/C21H16F2N4O2/c22-16-3-1-2-15(19(16)23)14-7-8-24-11-18(14)27-20(28)12-6-9-25-17(10-12)21(29)26-13-4-5-13/h1-3,6-11,13H,4-5H2,(H,26,29)(H,27,28). The van der Waals surface area contributed by atoms with Gasteiger partial charge in [0.05, 0.1) is 11.9 Å². The second-order valence-electron chi connectivity index (χ2n) is 6.65. The fraction of sp³-hybridized carbons (Fsp3) is 0.143. The monoisotopic (exact) mass is 394 g/mol. The molecule has 3 aromatic rings. The van der Waals surface area contributed by atoms with Crippen molar-refractivity contribution >= 4 is 17.5 Å². The Hall–Kier alpha value is -3.68. The van der Waals surface area contributed by atoms with Crippen molar-refractivity contribution in [3.63, 3.8) is 0 Å². The van der Waals surface area contributed by atoms with Crippen LogP contribution >= 0.6 is 0 Å². The van der Waals surface area contributed by atoms with Crippen molar-refractivity contribution in [1.82, 2.24) is 15.3 Å². The van der Waals surface area contributed by atoms with Gasteiger partial charge in [-0.05, 0) is 37.1 Å². The fourth-order valence-corrected chi connectivity index (χ4v) is 2.82. The number of nitrogens with zero attached hydrogens (tertiary/aromatic N) is 2. The fourth-order valence-electron chi connectivity index (χ4n) is 2.82. The second kappa shape index (κ2) is 7.75. The summed E-state index contributed by atoms with van der Waals surface area (Å²) in [5, 5.41) is 5.45. The zero-order valence-electron chi connectivity index (χ0n) is 15.2. The molecule has 1 aliphatic carbocycles. The Morgan fingerprint density at radius 3 is 2.62 bits per heavy atom. The molecule has 2 amide bonds. The second-order valence-corrected chi connectivity index (χ2v) is 6.65. The maximum Gasteiger partial charge on any atom is 0.270 e. The molecular weight excluding hydrogens is 378 g/mol. The number of carbonyl (C=O) groups is 2. The van der Waals surface area contributed by atoms with Crippen LogP contribution in [0.15, 0.2) is 55.0 Å². The van der Waals surface area contributed by atoms with E-state index in [0.717, 1.165) is 18.9 Å². The van der Waals surface area contributed by atoms with Gasteiger partial charge in [-0.15, -0.1) is 0 Å². The van der Waals surface area contributed by atoms with Crippen molar-refractivity contribution in [2.45, 2.75) is 18.9 Å². The van der Waals surface area contributed by atoms with Crippen LogP contribution in [0, 0.1) is 11.6 Å². The van der Waals surface area contributed by atoms with Gasteiger partial charge >= 0.3 is 0 Å². The van der Waals surface area contributed by atoms with E-state index >= 15 is 0 Å². The quantitative estimate of drug-likeness (QED) is 0.693. The molecule has 1 saturated carbocycles.